The molecular weight excluding hydrogens is 389 g/mol. The summed E-state index contributed by atoms with van der Waals surface area (Å²) in [7, 11) is 0. The van der Waals surface area contributed by atoms with Gasteiger partial charge in [-0.15, -0.1) is 0 Å². The van der Waals surface area contributed by atoms with Crippen LogP contribution in [0, 0.1) is 21.8 Å². The van der Waals surface area contributed by atoms with E-state index in [0.29, 0.717) is 24.9 Å². The van der Waals surface area contributed by atoms with Gasteiger partial charge in [-0.3, -0.25) is 19.7 Å². The highest BCUT2D eigenvalue weighted by Gasteiger charge is 2.29. The number of nitro groups is 1. The van der Waals surface area contributed by atoms with Crippen LogP contribution in [-0.2, 0) is 4.79 Å². The van der Waals surface area contributed by atoms with E-state index in [1.54, 1.807) is 4.90 Å². The second-order valence-electron chi connectivity index (χ2n) is 6.51. The molecule has 0 spiro atoms. The summed E-state index contributed by atoms with van der Waals surface area (Å²) in [6, 6.07) is 9.29. The summed E-state index contributed by atoms with van der Waals surface area (Å²) in [6.45, 7) is 0.726. The number of anilines is 1. The van der Waals surface area contributed by atoms with Crippen LogP contribution in [0.4, 0.5) is 15.8 Å². The van der Waals surface area contributed by atoms with Crippen molar-refractivity contribution >= 4 is 34.8 Å². The molecule has 0 aromatic heterocycles. The molecule has 1 atom stereocenters. The van der Waals surface area contributed by atoms with Crippen LogP contribution in [0.15, 0.2) is 42.5 Å². The van der Waals surface area contributed by atoms with E-state index in [1.165, 1.54) is 42.5 Å². The standard InChI is InChI=1S/C19H17ClFN3O4/c20-16-8-7-15(10-17(16)24(27)28)22-18(25)13-2-1-9-23(11-13)19(26)12-3-5-14(21)6-4-12/h3-8,10,13H,1-2,9,11H2,(H,22,25). The number of carbonyl (C=O) groups is 2. The first kappa shape index (κ1) is 19.8. The maximum Gasteiger partial charge on any atom is 0.289 e. The van der Waals surface area contributed by atoms with Crippen LogP contribution in [0.1, 0.15) is 23.2 Å². The van der Waals surface area contributed by atoms with Gasteiger partial charge in [0.1, 0.15) is 10.8 Å². The van der Waals surface area contributed by atoms with E-state index in [2.05, 4.69) is 5.32 Å². The molecular formula is C19H17ClFN3O4. The molecule has 0 saturated carbocycles. The van der Waals surface area contributed by atoms with Crippen molar-refractivity contribution in [1.82, 2.24) is 4.90 Å². The smallest absolute Gasteiger partial charge is 0.289 e. The zero-order chi connectivity index (χ0) is 20.3. The Morgan fingerprint density at radius 2 is 1.93 bits per heavy atom. The van der Waals surface area contributed by atoms with E-state index in [1.807, 2.05) is 0 Å². The van der Waals surface area contributed by atoms with Gasteiger partial charge in [0, 0.05) is 30.4 Å². The summed E-state index contributed by atoms with van der Waals surface area (Å²) in [5.41, 5.74) is 0.329. The van der Waals surface area contributed by atoms with Gasteiger partial charge in [-0.1, -0.05) is 11.6 Å². The van der Waals surface area contributed by atoms with Gasteiger partial charge in [0.05, 0.1) is 10.8 Å². The molecule has 1 fully saturated rings. The number of likely N-dealkylation sites (tertiary alicyclic amines) is 1. The largest absolute Gasteiger partial charge is 0.338 e. The Morgan fingerprint density at radius 3 is 2.61 bits per heavy atom. The van der Waals surface area contributed by atoms with Crippen LogP contribution >= 0.6 is 11.6 Å². The topological polar surface area (TPSA) is 92.5 Å². The lowest BCUT2D eigenvalue weighted by Gasteiger charge is -2.32. The van der Waals surface area contributed by atoms with E-state index >= 15 is 0 Å². The number of rotatable bonds is 4. The number of nitrogens with one attached hydrogen (secondary N) is 1. The third kappa shape index (κ3) is 4.45. The maximum atomic E-state index is 13.0. The molecule has 0 bridgehead atoms. The monoisotopic (exact) mass is 405 g/mol. The van der Waals surface area contributed by atoms with Crippen LogP contribution in [0.5, 0.6) is 0 Å². The zero-order valence-corrected chi connectivity index (χ0v) is 15.5. The second kappa shape index (κ2) is 8.35. The maximum absolute atomic E-state index is 13.0. The number of nitrogens with zero attached hydrogens (tertiary/aromatic N) is 2. The number of halogens is 2. The van der Waals surface area contributed by atoms with Gasteiger partial charge in [-0.2, -0.15) is 0 Å². The first-order valence-electron chi connectivity index (χ1n) is 8.65. The molecule has 1 aliphatic heterocycles. The van der Waals surface area contributed by atoms with Gasteiger partial charge in [-0.05, 0) is 49.2 Å². The lowest BCUT2D eigenvalue weighted by atomic mass is 9.96. The Morgan fingerprint density at radius 1 is 1.21 bits per heavy atom. The minimum atomic E-state index is -0.623. The molecule has 2 aromatic carbocycles. The number of benzene rings is 2. The third-order valence-corrected chi connectivity index (χ3v) is 4.90. The van der Waals surface area contributed by atoms with Crippen LogP contribution < -0.4 is 5.32 Å². The summed E-state index contributed by atoms with van der Waals surface area (Å²) in [5, 5.41) is 13.6. The third-order valence-electron chi connectivity index (χ3n) is 4.58. The van der Waals surface area contributed by atoms with Gasteiger partial charge in [0.15, 0.2) is 0 Å². The highest BCUT2D eigenvalue weighted by atomic mass is 35.5. The van der Waals surface area contributed by atoms with E-state index in [9.17, 15) is 24.1 Å². The summed E-state index contributed by atoms with van der Waals surface area (Å²) >= 11 is 5.78. The van der Waals surface area contributed by atoms with Crippen molar-refractivity contribution in [2.45, 2.75) is 12.8 Å². The molecule has 2 aromatic rings. The fourth-order valence-electron chi connectivity index (χ4n) is 3.13. The minimum absolute atomic E-state index is 0.0169. The zero-order valence-electron chi connectivity index (χ0n) is 14.7. The molecule has 2 amide bonds. The van der Waals surface area contributed by atoms with Crippen LogP contribution in [0.2, 0.25) is 5.02 Å². The van der Waals surface area contributed by atoms with Crippen LogP contribution in [0.25, 0.3) is 0 Å². The second-order valence-corrected chi connectivity index (χ2v) is 6.92. The highest BCUT2D eigenvalue weighted by molar-refractivity contribution is 6.32. The van der Waals surface area contributed by atoms with Crippen molar-refractivity contribution in [3.63, 3.8) is 0 Å². The molecule has 146 valence electrons. The molecule has 9 heteroatoms. The molecule has 0 radical (unpaired) electrons. The fourth-order valence-corrected chi connectivity index (χ4v) is 3.31. The number of carbonyl (C=O) groups excluding carboxylic acids is 2. The lowest BCUT2D eigenvalue weighted by molar-refractivity contribution is -0.384. The molecule has 3 rings (SSSR count). The van der Waals surface area contributed by atoms with Crippen molar-refractivity contribution < 1.29 is 18.9 Å². The number of hydrogen-bond acceptors (Lipinski definition) is 4. The molecule has 0 aliphatic carbocycles. The Bertz CT molecular complexity index is 920. The van der Waals surface area contributed by atoms with E-state index in [4.69, 9.17) is 11.6 Å². The van der Waals surface area contributed by atoms with Crippen molar-refractivity contribution in [3.05, 3.63) is 69.0 Å². The summed E-state index contributed by atoms with van der Waals surface area (Å²) in [4.78, 5) is 37.1. The normalized spacial score (nSPS) is 16.5. The van der Waals surface area contributed by atoms with Crippen molar-refractivity contribution in [2.75, 3.05) is 18.4 Å². The number of piperidine rings is 1. The van der Waals surface area contributed by atoms with E-state index in [0.717, 1.165) is 0 Å². The number of nitro benzene ring substituents is 1. The van der Waals surface area contributed by atoms with E-state index in [-0.39, 0.29) is 34.8 Å². The van der Waals surface area contributed by atoms with Crippen LogP contribution in [-0.4, -0.2) is 34.7 Å². The first-order valence-corrected chi connectivity index (χ1v) is 9.02. The summed E-state index contributed by atoms with van der Waals surface area (Å²) < 4.78 is 13.0. The van der Waals surface area contributed by atoms with Gasteiger partial charge in [-0.25, -0.2) is 4.39 Å². The molecule has 1 aliphatic rings. The lowest BCUT2D eigenvalue weighted by Crippen LogP contribution is -2.43. The average Bonchev–Trinajstić information content (AvgIpc) is 2.69. The number of hydrogen-bond donors (Lipinski definition) is 1. The van der Waals surface area contributed by atoms with Crippen molar-refractivity contribution in [1.29, 1.82) is 0 Å². The summed E-state index contributed by atoms with van der Waals surface area (Å²) in [5.74, 6) is -1.47. The first-order chi connectivity index (χ1) is 13.3. The summed E-state index contributed by atoms with van der Waals surface area (Å²) in [6.07, 6.45) is 1.24. The molecule has 1 heterocycles. The average molecular weight is 406 g/mol. The van der Waals surface area contributed by atoms with Gasteiger partial charge < -0.3 is 10.2 Å². The van der Waals surface area contributed by atoms with Gasteiger partial charge in [0.2, 0.25) is 5.91 Å². The Kier molecular flexibility index (Phi) is 5.89. The molecule has 1 unspecified atom stereocenters. The predicted molar refractivity (Wildman–Crippen MR) is 102 cm³/mol. The molecule has 28 heavy (non-hydrogen) atoms. The Labute approximate surface area is 165 Å². The highest BCUT2D eigenvalue weighted by Crippen LogP contribution is 2.28. The Balaban J connectivity index is 1.67. The van der Waals surface area contributed by atoms with Gasteiger partial charge >= 0.3 is 0 Å². The Hall–Kier alpha value is -3.00. The quantitative estimate of drug-likeness (QED) is 0.617. The van der Waals surface area contributed by atoms with Crippen LogP contribution in [0.3, 0.4) is 0 Å². The molecule has 1 saturated heterocycles. The molecule has 1 N–H and O–H groups in total. The van der Waals surface area contributed by atoms with Crippen molar-refractivity contribution in [2.24, 2.45) is 5.92 Å². The minimum Gasteiger partial charge on any atom is -0.338 e. The molecule has 7 nitrogen and oxygen atoms in total. The SMILES string of the molecule is O=C(Nc1ccc(Cl)c([N+](=O)[O-])c1)C1CCCN(C(=O)c2ccc(F)cc2)C1. The number of amides is 2. The van der Waals surface area contributed by atoms with Crippen molar-refractivity contribution in [3.8, 4) is 0 Å². The van der Waals surface area contributed by atoms with E-state index < -0.39 is 16.7 Å². The van der Waals surface area contributed by atoms with Gasteiger partial charge in [0.25, 0.3) is 11.6 Å². The fraction of sp³-hybridized carbons (Fsp3) is 0.263. The predicted octanol–water partition coefficient (Wildman–Crippen LogP) is 3.88.